The molecular formula is C22H33N3O2. The van der Waals surface area contributed by atoms with Crippen LogP contribution in [0.4, 0.5) is 0 Å². The van der Waals surface area contributed by atoms with Crippen molar-refractivity contribution in [2.75, 3.05) is 39.3 Å². The largest absolute Gasteiger partial charge is 0.342 e. The van der Waals surface area contributed by atoms with Crippen molar-refractivity contribution >= 4 is 11.8 Å². The van der Waals surface area contributed by atoms with Crippen molar-refractivity contribution in [3.05, 3.63) is 35.4 Å². The van der Waals surface area contributed by atoms with Crippen LogP contribution < -0.4 is 0 Å². The maximum Gasteiger partial charge on any atom is 0.225 e. The highest BCUT2D eigenvalue weighted by molar-refractivity contribution is 5.81. The van der Waals surface area contributed by atoms with Gasteiger partial charge in [0.1, 0.15) is 0 Å². The third-order valence-corrected chi connectivity index (χ3v) is 5.99. The quantitative estimate of drug-likeness (QED) is 0.817. The number of hydrogen-bond acceptors (Lipinski definition) is 3. The van der Waals surface area contributed by atoms with Gasteiger partial charge in [0.2, 0.25) is 11.8 Å². The Bertz CT molecular complexity index is 657. The van der Waals surface area contributed by atoms with E-state index < -0.39 is 0 Å². The van der Waals surface area contributed by atoms with Crippen molar-refractivity contribution in [2.24, 2.45) is 11.8 Å². The molecule has 0 aliphatic carbocycles. The molecule has 2 heterocycles. The second-order valence-corrected chi connectivity index (χ2v) is 8.28. The fraction of sp³-hybridized carbons (Fsp3) is 0.636. The Morgan fingerprint density at radius 3 is 2.19 bits per heavy atom. The number of benzene rings is 1. The molecule has 5 heteroatoms. The Labute approximate surface area is 163 Å². The van der Waals surface area contributed by atoms with Gasteiger partial charge in [0, 0.05) is 57.6 Å². The topological polar surface area (TPSA) is 43.9 Å². The lowest BCUT2D eigenvalue weighted by Crippen LogP contribution is -2.51. The van der Waals surface area contributed by atoms with Gasteiger partial charge >= 0.3 is 0 Å². The molecule has 2 aliphatic rings. The average Bonchev–Trinajstić information content (AvgIpc) is 2.69. The van der Waals surface area contributed by atoms with Crippen molar-refractivity contribution in [2.45, 2.75) is 40.2 Å². The number of rotatable bonds is 4. The van der Waals surface area contributed by atoms with E-state index in [0.29, 0.717) is 5.91 Å². The predicted molar refractivity (Wildman–Crippen MR) is 107 cm³/mol. The van der Waals surface area contributed by atoms with Gasteiger partial charge in [0.25, 0.3) is 0 Å². The molecule has 2 aliphatic heterocycles. The van der Waals surface area contributed by atoms with Crippen molar-refractivity contribution < 1.29 is 9.59 Å². The normalized spacial score (nSPS) is 19.6. The third kappa shape index (κ3) is 4.89. The molecule has 148 valence electrons. The molecular weight excluding hydrogens is 338 g/mol. The Morgan fingerprint density at radius 2 is 1.59 bits per heavy atom. The summed E-state index contributed by atoms with van der Waals surface area (Å²) in [5.74, 6) is 0.635. The van der Waals surface area contributed by atoms with Crippen LogP contribution in [0, 0.1) is 18.8 Å². The molecule has 2 amide bonds. The summed E-state index contributed by atoms with van der Waals surface area (Å²) < 4.78 is 0. The molecule has 27 heavy (non-hydrogen) atoms. The average molecular weight is 372 g/mol. The SMILES string of the molecule is Cc1ccccc1CN1CCN(C(=O)C2CCN(C(=O)C(C)C)CC2)CC1. The number of likely N-dealkylation sites (tertiary alicyclic amines) is 1. The maximum absolute atomic E-state index is 12.9. The Kier molecular flexibility index (Phi) is 6.53. The molecule has 3 rings (SSSR count). The predicted octanol–water partition coefficient (Wildman–Crippen LogP) is 2.53. The first kappa shape index (κ1) is 19.9. The van der Waals surface area contributed by atoms with Crippen molar-refractivity contribution in [3.8, 4) is 0 Å². The first-order valence-electron chi connectivity index (χ1n) is 10.3. The fourth-order valence-electron chi connectivity index (χ4n) is 4.12. The van der Waals surface area contributed by atoms with Gasteiger partial charge in [-0.15, -0.1) is 0 Å². The van der Waals surface area contributed by atoms with Crippen LogP contribution in [0.3, 0.4) is 0 Å². The molecule has 2 fully saturated rings. The van der Waals surface area contributed by atoms with Crippen LogP contribution in [-0.2, 0) is 16.1 Å². The number of carbonyl (C=O) groups is 2. The van der Waals surface area contributed by atoms with Crippen molar-refractivity contribution in [1.82, 2.24) is 14.7 Å². The molecule has 0 saturated carbocycles. The Balaban J connectivity index is 1.45. The monoisotopic (exact) mass is 371 g/mol. The van der Waals surface area contributed by atoms with Gasteiger partial charge in [-0.1, -0.05) is 38.1 Å². The number of aryl methyl sites for hydroxylation is 1. The summed E-state index contributed by atoms with van der Waals surface area (Å²) >= 11 is 0. The highest BCUT2D eigenvalue weighted by atomic mass is 16.2. The Morgan fingerprint density at radius 1 is 0.963 bits per heavy atom. The van der Waals surface area contributed by atoms with Crippen molar-refractivity contribution in [1.29, 1.82) is 0 Å². The van der Waals surface area contributed by atoms with E-state index in [1.54, 1.807) is 0 Å². The molecule has 0 aromatic heterocycles. The summed E-state index contributed by atoms with van der Waals surface area (Å²) in [5.41, 5.74) is 2.71. The summed E-state index contributed by atoms with van der Waals surface area (Å²) in [6.45, 7) is 11.9. The summed E-state index contributed by atoms with van der Waals surface area (Å²) in [6, 6.07) is 8.53. The molecule has 0 atom stereocenters. The minimum absolute atomic E-state index is 0.0404. The lowest BCUT2D eigenvalue weighted by Gasteiger charge is -2.39. The molecule has 0 N–H and O–H groups in total. The molecule has 5 nitrogen and oxygen atoms in total. The van der Waals surface area contributed by atoms with Gasteiger partial charge < -0.3 is 9.80 Å². The number of piperazine rings is 1. The number of nitrogens with zero attached hydrogens (tertiary/aromatic N) is 3. The standard InChI is InChI=1S/C22H33N3O2/c1-17(2)21(26)24-10-8-19(9-11-24)22(27)25-14-12-23(13-15-25)16-20-7-5-4-6-18(20)3/h4-7,17,19H,8-16H2,1-3H3. The number of amides is 2. The molecule has 0 spiro atoms. The van der Waals surface area contributed by atoms with Gasteiger partial charge in [0.05, 0.1) is 0 Å². The van der Waals surface area contributed by atoms with Crippen LogP contribution in [0.2, 0.25) is 0 Å². The summed E-state index contributed by atoms with van der Waals surface area (Å²) in [5, 5.41) is 0. The zero-order chi connectivity index (χ0) is 19.4. The smallest absolute Gasteiger partial charge is 0.225 e. The van der Waals surface area contributed by atoms with E-state index in [-0.39, 0.29) is 17.7 Å². The van der Waals surface area contributed by atoms with Gasteiger partial charge in [0.15, 0.2) is 0 Å². The van der Waals surface area contributed by atoms with Crippen LogP contribution in [-0.4, -0.2) is 65.8 Å². The van der Waals surface area contributed by atoms with Crippen LogP contribution in [0.15, 0.2) is 24.3 Å². The number of piperidine rings is 1. The van der Waals surface area contributed by atoms with Crippen LogP contribution in [0.5, 0.6) is 0 Å². The van der Waals surface area contributed by atoms with Gasteiger partial charge in [-0.25, -0.2) is 0 Å². The summed E-state index contributed by atoms with van der Waals surface area (Å²) in [4.78, 5) is 31.4. The van der Waals surface area contributed by atoms with E-state index in [0.717, 1.165) is 58.7 Å². The van der Waals surface area contributed by atoms with Crippen LogP contribution >= 0.6 is 0 Å². The van der Waals surface area contributed by atoms with Crippen molar-refractivity contribution in [3.63, 3.8) is 0 Å². The van der Waals surface area contributed by atoms with E-state index in [4.69, 9.17) is 0 Å². The van der Waals surface area contributed by atoms with E-state index >= 15 is 0 Å². The van der Waals surface area contributed by atoms with Crippen LogP contribution in [0.1, 0.15) is 37.8 Å². The lowest BCUT2D eigenvalue weighted by molar-refractivity contribution is -0.143. The maximum atomic E-state index is 12.9. The Hall–Kier alpha value is -1.88. The van der Waals surface area contributed by atoms with E-state index in [1.165, 1.54) is 11.1 Å². The molecule has 1 aromatic carbocycles. The van der Waals surface area contributed by atoms with Gasteiger partial charge in [-0.3, -0.25) is 14.5 Å². The fourth-order valence-corrected chi connectivity index (χ4v) is 4.12. The second-order valence-electron chi connectivity index (χ2n) is 8.28. The van der Waals surface area contributed by atoms with Crippen LogP contribution in [0.25, 0.3) is 0 Å². The number of hydrogen-bond donors (Lipinski definition) is 0. The van der Waals surface area contributed by atoms with E-state index in [9.17, 15) is 9.59 Å². The zero-order valence-corrected chi connectivity index (χ0v) is 17.0. The number of carbonyl (C=O) groups excluding carboxylic acids is 2. The molecule has 0 unspecified atom stereocenters. The molecule has 0 radical (unpaired) electrons. The highest BCUT2D eigenvalue weighted by Gasteiger charge is 2.32. The first-order chi connectivity index (χ1) is 13.0. The lowest BCUT2D eigenvalue weighted by atomic mass is 9.94. The second kappa shape index (κ2) is 8.87. The minimum Gasteiger partial charge on any atom is -0.342 e. The highest BCUT2D eigenvalue weighted by Crippen LogP contribution is 2.22. The summed E-state index contributed by atoms with van der Waals surface area (Å²) in [7, 11) is 0. The molecule has 1 aromatic rings. The zero-order valence-electron chi connectivity index (χ0n) is 17.0. The van der Waals surface area contributed by atoms with Gasteiger partial charge in [-0.05, 0) is 30.9 Å². The van der Waals surface area contributed by atoms with Gasteiger partial charge in [-0.2, -0.15) is 0 Å². The minimum atomic E-state index is 0.0404. The first-order valence-corrected chi connectivity index (χ1v) is 10.3. The summed E-state index contributed by atoms with van der Waals surface area (Å²) in [6.07, 6.45) is 1.61. The molecule has 2 saturated heterocycles. The van der Waals surface area contributed by atoms with E-state index in [2.05, 4.69) is 36.1 Å². The molecule has 0 bridgehead atoms. The van der Waals surface area contributed by atoms with E-state index in [1.807, 2.05) is 23.6 Å². The third-order valence-electron chi connectivity index (χ3n) is 5.99.